The number of nitrogens with zero attached hydrogens (tertiary/aromatic N) is 2. The van der Waals surface area contributed by atoms with E-state index in [-0.39, 0.29) is 24.3 Å². The normalized spacial score (nSPS) is 16.4. The zero-order chi connectivity index (χ0) is 20.6. The van der Waals surface area contributed by atoms with E-state index in [0.29, 0.717) is 11.6 Å². The summed E-state index contributed by atoms with van der Waals surface area (Å²) < 4.78 is 18.4. The zero-order valence-electron chi connectivity index (χ0n) is 16.6. The first-order valence-corrected chi connectivity index (χ1v) is 9.49. The average molecular weight is 399 g/mol. The van der Waals surface area contributed by atoms with Crippen LogP contribution in [0.3, 0.4) is 0 Å². The second-order valence-electron chi connectivity index (χ2n) is 6.73. The summed E-state index contributed by atoms with van der Waals surface area (Å²) >= 11 is 0. The van der Waals surface area contributed by atoms with E-state index in [1.54, 1.807) is 14.2 Å². The Morgan fingerprint density at radius 1 is 1.24 bits per heavy atom. The minimum Gasteiger partial charge on any atom is -0.495 e. The van der Waals surface area contributed by atoms with E-state index in [2.05, 4.69) is 25.8 Å². The van der Waals surface area contributed by atoms with Gasteiger partial charge in [-0.15, -0.1) is 0 Å². The van der Waals surface area contributed by atoms with Gasteiger partial charge in [0.15, 0.2) is 5.96 Å². The second-order valence-corrected chi connectivity index (χ2v) is 6.73. The lowest BCUT2D eigenvalue weighted by atomic mass is 10.2. The van der Waals surface area contributed by atoms with Crippen LogP contribution < -0.4 is 25.6 Å². The second kappa shape index (κ2) is 9.77. The minimum atomic E-state index is -0.343. The van der Waals surface area contributed by atoms with Crippen molar-refractivity contribution in [2.75, 3.05) is 44.0 Å². The van der Waals surface area contributed by atoms with Gasteiger partial charge in [-0.1, -0.05) is 12.1 Å². The van der Waals surface area contributed by atoms with Gasteiger partial charge in [-0.3, -0.25) is 9.79 Å². The molecule has 7 nitrogen and oxygen atoms in total. The van der Waals surface area contributed by atoms with Crippen LogP contribution in [0.1, 0.15) is 6.42 Å². The van der Waals surface area contributed by atoms with Gasteiger partial charge in [-0.05, 0) is 42.8 Å². The summed E-state index contributed by atoms with van der Waals surface area (Å²) in [6, 6.07) is 13.8. The first-order chi connectivity index (χ1) is 14.1. The largest absolute Gasteiger partial charge is 0.495 e. The lowest BCUT2D eigenvalue weighted by molar-refractivity contribution is -0.115. The lowest BCUT2D eigenvalue weighted by Gasteiger charge is -2.22. The fraction of sp³-hybridized carbons (Fsp3) is 0.333. The van der Waals surface area contributed by atoms with E-state index in [1.165, 1.54) is 24.3 Å². The van der Waals surface area contributed by atoms with Crippen LogP contribution in [-0.4, -0.2) is 51.7 Å². The first-order valence-electron chi connectivity index (χ1n) is 9.49. The Bertz CT molecular complexity index is 856. The number of guanidine groups is 1. The van der Waals surface area contributed by atoms with Gasteiger partial charge in [0.05, 0.1) is 19.3 Å². The van der Waals surface area contributed by atoms with Crippen molar-refractivity contribution in [1.82, 2.24) is 10.6 Å². The molecule has 1 unspecified atom stereocenters. The van der Waals surface area contributed by atoms with Gasteiger partial charge in [0, 0.05) is 31.9 Å². The molecule has 1 heterocycles. The molecule has 1 aliphatic rings. The molecule has 3 N–H and O–H groups in total. The number of benzene rings is 2. The van der Waals surface area contributed by atoms with Gasteiger partial charge in [0.25, 0.3) is 0 Å². The molecule has 1 fully saturated rings. The number of anilines is 2. The summed E-state index contributed by atoms with van der Waals surface area (Å²) in [6.45, 7) is 1.77. The van der Waals surface area contributed by atoms with E-state index in [1.807, 2.05) is 24.3 Å². The Balaban J connectivity index is 1.48. The fourth-order valence-electron chi connectivity index (χ4n) is 3.28. The number of para-hydroxylation sites is 2. The number of ether oxygens (including phenoxy) is 1. The maximum Gasteiger partial charge on any atom is 0.243 e. The van der Waals surface area contributed by atoms with Gasteiger partial charge in [0.2, 0.25) is 5.91 Å². The van der Waals surface area contributed by atoms with Crippen molar-refractivity contribution in [3.05, 3.63) is 54.3 Å². The quantitative estimate of drug-likeness (QED) is 0.513. The van der Waals surface area contributed by atoms with E-state index in [4.69, 9.17) is 4.74 Å². The van der Waals surface area contributed by atoms with Crippen LogP contribution in [0.25, 0.3) is 0 Å². The Morgan fingerprint density at radius 2 is 2.00 bits per heavy atom. The summed E-state index contributed by atoms with van der Waals surface area (Å²) in [4.78, 5) is 18.6. The Morgan fingerprint density at radius 3 is 2.72 bits per heavy atom. The van der Waals surface area contributed by atoms with Gasteiger partial charge < -0.3 is 25.6 Å². The molecule has 1 amide bonds. The molecule has 1 aliphatic heterocycles. The highest BCUT2D eigenvalue weighted by Crippen LogP contribution is 2.30. The Hall–Kier alpha value is -3.29. The molecule has 1 atom stereocenters. The van der Waals surface area contributed by atoms with Gasteiger partial charge in [0.1, 0.15) is 11.6 Å². The van der Waals surface area contributed by atoms with Crippen LogP contribution in [0.4, 0.5) is 15.8 Å². The van der Waals surface area contributed by atoms with Crippen molar-refractivity contribution in [3.63, 3.8) is 0 Å². The molecule has 3 rings (SSSR count). The van der Waals surface area contributed by atoms with Crippen molar-refractivity contribution < 1.29 is 13.9 Å². The van der Waals surface area contributed by atoms with Crippen LogP contribution in [-0.2, 0) is 4.79 Å². The van der Waals surface area contributed by atoms with Crippen molar-refractivity contribution in [1.29, 1.82) is 0 Å². The molecule has 2 aromatic carbocycles. The smallest absolute Gasteiger partial charge is 0.243 e. The average Bonchev–Trinajstić information content (AvgIpc) is 3.21. The Labute approximate surface area is 170 Å². The van der Waals surface area contributed by atoms with Gasteiger partial charge in [-0.25, -0.2) is 4.39 Å². The van der Waals surface area contributed by atoms with Crippen molar-refractivity contribution in [2.45, 2.75) is 12.5 Å². The maximum atomic E-state index is 12.9. The summed E-state index contributed by atoms with van der Waals surface area (Å²) in [5.41, 5.74) is 1.62. The third-order valence-corrected chi connectivity index (χ3v) is 4.72. The van der Waals surface area contributed by atoms with E-state index >= 15 is 0 Å². The summed E-state index contributed by atoms with van der Waals surface area (Å²) in [6.07, 6.45) is 0.945. The van der Waals surface area contributed by atoms with E-state index in [0.717, 1.165) is 30.9 Å². The van der Waals surface area contributed by atoms with Crippen molar-refractivity contribution in [3.8, 4) is 5.75 Å². The third-order valence-electron chi connectivity index (χ3n) is 4.72. The van der Waals surface area contributed by atoms with Crippen LogP contribution in [0.5, 0.6) is 5.75 Å². The standard InChI is InChI=1S/C21H26FN5O2/c1-23-21(24-13-20(28)25-16-9-7-15(22)8-10-16)26-17-11-12-27(14-17)18-5-3-4-6-19(18)29-2/h3-10,17H,11-14H2,1-2H3,(H,25,28)(H2,23,24,26). The molecule has 0 saturated carbocycles. The Kier molecular flexibility index (Phi) is 6.89. The molecule has 0 radical (unpaired) electrons. The number of methoxy groups -OCH3 is 1. The number of carbonyl (C=O) groups excluding carboxylic acids is 1. The molecule has 8 heteroatoms. The molecular weight excluding hydrogens is 373 g/mol. The van der Waals surface area contributed by atoms with Gasteiger partial charge >= 0.3 is 0 Å². The highest BCUT2D eigenvalue weighted by molar-refractivity contribution is 5.95. The third kappa shape index (κ3) is 5.60. The van der Waals surface area contributed by atoms with Crippen LogP contribution in [0.2, 0.25) is 0 Å². The minimum absolute atomic E-state index is 0.0555. The van der Waals surface area contributed by atoms with Gasteiger partial charge in [-0.2, -0.15) is 0 Å². The summed E-state index contributed by atoms with van der Waals surface area (Å²) in [5, 5.41) is 9.08. The highest BCUT2D eigenvalue weighted by atomic mass is 19.1. The summed E-state index contributed by atoms with van der Waals surface area (Å²) in [7, 11) is 3.34. The maximum absolute atomic E-state index is 12.9. The molecule has 0 aromatic heterocycles. The number of aliphatic imine (C=N–C) groups is 1. The molecular formula is C21H26FN5O2. The number of amides is 1. The number of nitrogens with one attached hydrogen (secondary N) is 3. The molecule has 0 bridgehead atoms. The summed E-state index contributed by atoms with van der Waals surface area (Å²) in [5.74, 6) is 0.838. The lowest BCUT2D eigenvalue weighted by Crippen LogP contribution is -2.46. The predicted octanol–water partition coefficient (Wildman–Crippen LogP) is 2.22. The van der Waals surface area contributed by atoms with Crippen molar-refractivity contribution >= 4 is 23.2 Å². The van der Waals surface area contributed by atoms with Crippen LogP contribution >= 0.6 is 0 Å². The van der Waals surface area contributed by atoms with Crippen molar-refractivity contribution in [2.24, 2.45) is 4.99 Å². The molecule has 154 valence electrons. The molecule has 2 aromatic rings. The number of hydrogen-bond acceptors (Lipinski definition) is 4. The number of hydrogen-bond donors (Lipinski definition) is 3. The fourth-order valence-corrected chi connectivity index (χ4v) is 3.28. The number of halogens is 1. The van der Waals surface area contributed by atoms with Crippen LogP contribution in [0, 0.1) is 5.82 Å². The highest BCUT2D eigenvalue weighted by Gasteiger charge is 2.25. The SMILES string of the molecule is CN=C(NCC(=O)Nc1ccc(F)cc1)NC1CCN(c2ccccc2OC)C1. The number of rotatable bonds is 6. The van der Waals surface area contributed by atoms with E-state index < -0.39 is 0 Å². The molecule has 0 aliphatic carbocycles. The first kappa shape index (κ1) is 20.4. The monoisotopic (exact) mass is 399 g/mol. The zero-order valence-corrected chi connectivity index (χ0v) is 16.6. The number of carbonyl (C=O) groups is 1. The van der Waals surface area contributed by atoms with Crippen LogP contribution in [0.15, 0.2) is 53.5 Å². The molecule has 1 saturated heterocycles. The topological polar surface area (TPSA) is 78.0 Å². The molecule has 0 spiro atoms. The predicted molar refractivity (Wildman–Crippen MR) is 113 cm³/mol. The van der Waals surface area contributed by atoms with E-state index in [9.17, 15) is 9.18 Å². The molecule has 29 heavy (non-hydrogen) atoms.